The molecule has 138 valence electrons. The standard InChI is InChI=1S/C23H46/c1-9-12-21(10-2)14-13-16(4)17(5)15-18(6)19(7)23-20(8)22(23)11-3/h16-23H,9-15H2,1-8H3. The molecule has 8 atom stereocenters. The fraction of sp³-hybridized carbons (Fsp3) is 1.00. The molecule has 8 unspecified atom stereocenters. The van der Waals surface area contributed by atoms with E-state index in [4.69, 9.17) is 0 Å². The summed E-state index contributed by atoms with van der Waals surface area (Å²) in [6.45, 7) is 19.7. The second-order valence-electron chi connectivity index (χ2n) is 9.18. The maximum Gasteiger partial charge on any atom is -0.0326 e. The van der Waals surface area contributed by atoms with Crippen LogP contribution >= 0.6 is 0 Å². The van der Waals surface area contributed by atoms with Gasteiger partial charge in [-0.3, -0.25) is 0 Å². The first-order chi connectivity index (χ1) is 10.9. The largest absolute Gasteiger partial charge is 0.0654 e. The molecule has 0 saturated heterocycles. The van der Waals surface area contributed by atoms with Gasteiger partial charge in [0.1, 0.15) is 0 Å². The Morgan fingerprint density at radius 3 is 1.91 bits per heavy atom. The minimum Gasteiger partial charge on any atom is -0.0654 e. The van der Waals surface area contributed by atoms with Crippen LogP contribution in [0, 0.1) is 47.3 Å². The van der Waals surface area contributed by atoms with Crippen LogP contribution in [0.5, 0.6) is 0 Å². The summed E-state index contributed by atoms with van der Waals surface area (Å²) >= 11 is 0. The van der Waals surface area contributed by atoms with Crippen molar-refractivity contribution in [1.29, 1.82) is 0 Å². The monoisotopic (exact) mass is 322 g/mol. The van der Waals surface area contributed by atoms with Gasteiger partial charge in [-0.05, 0) is 53.8 Å². The summed E-state index contributed by atoms with van der Waals surface area (Å²) in [5.41, 5.74) is 0. The topological polar surface area (TPSA) is 0 Å². The Bertz CT molecular complexity index is 307. The molecule has 1 aliphatic rings. The zero-order valence-electron chi connectivity index (χ0n) is 17.6. The van der Waals surface area contributed by atoms with Gasteiger partial charge in [-0.25, -0.2) is 0 Å². The lowest BCUT2D eigenvalue weighted by molar-refractivity contribution is 0.222. The van der Waals surface area contributed by atoms with E-state index in [0.717, 1.165) is 47.3 Å². The molecular formula is C23H46. The van der Waals surface area contributed by atoms with Gasteiger partial charge >= 0.3 is 0 Å². The quantitative estimate of drug-likeness (QED) is 0.343. The summed E-state index contributed by atoms with van der Waals surface area (Å²) < 4.78 is 0. The molecule has 1 aliphatic carbocycles. The van der Waals surface area contributed by atoms with Crippen molar-refractivity contribution in [2.45, 2.75) is 100 Å². The molecule has 0 aromatic rings. The average Bonchev–Trinajstić information content (AvgIpc) is 3.19. The van der Waals surface area contributed by atoms with E-state index >= 15 is 0 Å². The molecule has 1 rings (SSSR count). The SMILES string of the molecule is CCCC(CC)CCC(C)C(C)CC(C)C(C)C1C(C)C1CC. The lowest BCUT2D eigenvalue weighted by Gasteiger charge is -2.28. The number of hydrogen-bond donors (Lipinski definition) is 0. The van der Waals surface area contributed by atoms with E-state index in [0.29, 0.717) is 0 Å². The molecule has 1 fully saturated rings. The van der Waals surface area contributed by atoms with Crippen molar-refractivity contribution in [2.24, 2.45) is 47.3 Å². The highest BCUT2D eigenvalue weighted by Crippen LogP contribution is 2.55. The Labute approximate surface area is 148 Å². The fourth-order valence-corrected chi connectivity index (χ4v) is 5.25. The number of rotatable bonds is 12. The van der Waals surface area contributed by atoms with Crippen LogP contribution in [-0.4, -0.2) is 0 Å². The van der Waals surface area contributed by atoms with Crippen LogP contribution in [0.4, 0.5) is 0 Å². The Hall–Kier alpha value is 0. The molecule has 0 N–H and O–H groups in total. The van der Waals surface area contributed by atoms with Crippen LogP contribution < -0.4 is 0 Å². The zero-order chi connectivity index (χ0) is 17.6. The summed E-state index contributed by atoms with van der Waals surface area (Å²) in [5, 5.41) is 0. The van der Waals surface area contributed by atoms with Crippen molar-refractivity contribution in [1.82, 2.24) is 0 Å². The van der Waals surface area contributed by atoms with E-state index in [9.17, 15) is 0 Å². The molecule has 0 bridgehead atoms. The Balaban J connectivity index is 2.34. The van der Waals surface area contributed by atoms with Crippen LogP contribution in [0.25, 0.3) is 0 Å². The molecule has 1 saturated carbocycles. The first-order valence-corrected chi connectivity index (χ1v) is 10.9. The second-order valence-corrected chi connectivity index (χ2v) is 9.18. The van der Waals surface area contributed by atoms with Gasteiger partial charge in [0, 0.05) is 0 Å². The van der Waals surface area contributed by atoms with E-state index in [2.05, 4.69) is 55.4 Å². The highest BCUT2D eigenvalue weighted by Gasteiger charge is 2.49. The van der Waals surface area contributed by atoms with Gasteiger partial charge in [-0.1, -0.05) is 93.9 Å². The first kappa shape index (κ1) is 21.0. The highest BCUT2D eigenvalue weighted by atomic mass is 14.5. The molecule has 0 aromatic heterocycles. The third-order valence-corrected chi connectivity index (χ3v) is 7.63. The van der Waals surface area contributed by atoms with Crippen LogP contribution in [0.2, 0.25) is 0 Å². The average molecular weight is 323 g/mol. The van der Waals surface area contributed by atoms with Gasteiger partial charge in [0.25, 0.3) is 0 Å². The number of hydrogen-bond acceptors (Lipinski definition) is 0. The third-order valence-electron chi connectivity index (χ3n) is 7.63. The lowest BCUT2D eigenvalue weighted by Crippen LogP contribution is -2.19. The minimum absolute atomic E-state index is 0.890. The van der Waals surface area contributed by atoms with Crippen molar-refractivity contribution >= 4 is 0 Å². The Morgan fingerprint density at radius 1 is 0.783 bits per heavy atom. The molecular weight excluding hydrogens is 276 g/mol. The minimum atomic E-state index is 0.890. The van der Waals surface area contributed by atoms with E-state index in [1.807, 2.05) is 0 Å². The normalized spacial score (nSPS) is 30.5. The molecule has 0 aliphatic heterocycles. The van der Waals surface area contributed by atoms with E-state index in [1.54, 1.807) is 0 Å². The fourth-order valence-electron chi connectivity index (χ4n) is 5.25. The summed E-state index contributed by atoms with van der Waals surface area (Å²) in [6.07, 6.45) is 9.89. The Morgan fingerprint density at radius 2 is 1.43 bits per heavy atom. The van der Waals surface area contributed by atoms with Crippen molar-refractivity contribution in [3.8, 4) is 0 Å². The molecule has 0 heteroatoms. The predicted octanol–water partition coefficient (Wildman–Crippen LogP) is 7.82. The van der Waals surface area contributed by atoms with Crippen LogP contribution in [0.3, 0.4) is 0 Å². The van der Waals surface area contributed by atoms with E-state index < -0.39 is 0 Å². The predicted molar refractivity (Wildman–Crippen MR) is 106 cm³/mol. The lowest BCUT2D eigenvalue weighted by atomic mass is 9.78. The van der Waals surface area contributed by atoms with Crippen molar-refractivity contribution < 1.29 is 0 Å². The summed E-state index contributed by atoms with van der Waals surface area (Å²) in [4.78, 5) is 0. The Kier molecular flexibility index (Phi) is 9.24. The molecule has 0 heterocycles. The highest BCUT2D eigenvalue weighted by molar-refractivity contribution is 4.97. The van der Waals surface area contributed by atoms with Crippen LogP contribution in [0.15, 0.2) is 0 Å². The van der Waals surface area contributed by atoms with Gasteiger partial charge in [0.15, 0.2) is 0 Å². The summed E-state index contributed by atoms with van der Waals surface area (Å²) in [7, 11) is 0. The molecule has 23 heavy (non-hydrogen) atoms. The molecule has 0 radical (unpaired) electrons. The third kappa shape index (κ3) is 6.09. The van der Waals surface area contributed by atoms with Gasteiger partial charge < -0.3 is 0 Å². The first-order valence-electron chi connectivity index (χ1n) is 10.9. The van der Waals surface area contributed by atoms with E-state index in [-0.39, 0.29) is 0 Å². The summed E-state index contributed by atoms with van der Waals surface area (Å²) in [5.74, 6) is 7.62. The van der Waals surface area contributed by atoms with Crippen molar-refractivity contribution in [3.63, 3.8) is 0 Å². The van der Waals surface area contributed by atoms with Gasteiger partial charge in [0.2, 0.25) is 0 Å². The molecule has 0 nitrogen and oxygen atoms in total. The van der Waals surface area contributed by atoms with Gasteiger partial charge in [0.05, 0.1) is 0 Å². The van der Waals surface area contributed by atoms with Crippen LogP contribution in [-0.2, 0) is 0 Å². The van der Waals surface area contributed by atoms with Gasteiger partial charge in [-0.2, -0.15) is 0 Å². The zero-order valence-corrected chi connectivity index (χ0v) is 17.6. The maximum absolute atomic E-state index is 2.53. The molecule has 0 spiro atoms. The molecule has 0 amide bonds. The summed E-state index contributed by atoms with van der Waals surface area (Å²) in [6, 6.07) is 0. The molecule has 0 aromatic carbocycles. The van der Waals surface area contributed by atoms with Crippen LogP contribution in [0.1, 0.15) is 100 Å². The smallest absolute Gasteiger partial charge is 0.0326 e. The maximum atomic E-state index is 2.53. The van der Waals surface area contributed by atoms with Gasteiger partial charge in [-0.15, -0.1) is 0 Å². The second kappa shape index (κ2) is 10.1. The van der Waals surface area contributed by atoms with Crippen molar-refractivity contribution in [2.75, 3.05) is 0 Å². The van der Waals surface area contributed by atoms with E-state index in [1.165, 1.54) is 44.9 Å². The van der Waals surface area contributed by atoms with Crippen molar-refractivity contribution in [3.05, 3.63) is 0 Å².